The van der Waals surface area contributed by atoms with Gasteiger partial charge in [-0.2, -0.15) is 0 Å². The SMILES string of the molecule is Cc1cc(=O)[nH]c(SC2CCC(NC3CC3)(C(=O)O)C2)n1. The minimum absolute atomic E-state index is 0.163. The summed E-state index contributed by atoms with van der Waals surface area (Å²) in [5, 5.41) is 13.6. The number of carboxylic acids is 1. The smallest absolute Gasteiger partial charge is 0.323 e. The predicted octanol–water partition coefficient (Wildman–Crippen LogP) is 1.30. The van der Waals surface area contributed by atoms with Crippen LogP contribution in [0.3, 0.4) is 0 Å². The number of carboxylic acid groups (broad SMARTS) is 1. The summed E-state index contributed by atoms with van der Waals surface area (Å²) in [6.07, 6.45) is 4.15. The molecule has 0 radical (unpaired) electrons. The molecule has 3 rings (SSSR count). The van der Waals surface area contributed by atoms with Gasteiger partial charge in [-0.3, -0.25) is 14.9 Å². The molecule has 2 saturated carbocycles. The minimum Gasteiger partial charge on any atom is -0.480 e. The average Bonchev–Trinajstić information content (AvgIpc) is 3.08. The van der Waals surface area contributed by atoms with Crippen LogP contribution in [0.15, 0.2) is 16.0 Å². The van der Waals surface area contributed by atoms with Crippen molar-refractivity contribution in [3.63, 3.8) is 0 Å². The van der Waals surface area contributed by atoms with Crippen molar-refractivity contribution in [2.45, 2.75) is 61.0 Å². The van der Waals surface area contributed by atoms with Gasteiger partial charge in [0.1, 0.15) is 5.54 Å². The molecular weight excluding hydrogens is 290 g/mol. The quantitative estimate of drug-likeness (QED) is 0.710. The summed E-state index contributed by atoms with van der Waals surface area (Å²) >= 11 is 1.48. The molecule has 0 amide bonds. The van der Waals surface area contributed by atoms with Crippen molar-refractivity contribution in [3.05, 3.63) is 22.1 Å². The lowest BCUT2D eigenvalue weighted by Gasteiger charge is -2.26. The zero-order valence-electron chi connectivity index (χ0n) is 11.9. The zero-order valence-corrected chi connectivity index (χ0v) is 12.7. The Morgan fingerprint density at radius 1 is 1.52 bits per heavy atom. The maximum atomic E-state index is 11.6. The van der Waals surface area contributed by atoms with Crippen molar-refractivity contribution >= 4 is 17.7 Å². The second kappa shape index (κ2) is 5.46. The van der Waals surface area contributed by atoms with E-state index in [1.165, 1.54) is 17.8 Å². The summed E-state index contributed by atoms with van der Waals surface area (Å²) in [5.74, 6) is -0.761. The first-order chi connectivity index (χ1) is 9.97. The number of rotatable bonds is 5. The number of carbonyl (C=O) groups is 1. The Morgan fingerprint density at radius 2 is 2.29 bits per heavy atom. The molecule has 0 aromatic carbocycles. The molecule has 21 heavy (non-hydrogen) atoms. The first kappa shape index (κ1) is 14.6. The molecule has 1 aromatic heterocycles. The second-order valence-electron chi connectivity index (χ2n) is 5.98. The molecule has 1 heterocycles. The highest BCUT2D eigenvalue weighted by Gasteiger charge is 2.48. The maximum absolute atomic E-state index is 11.6. The van der Waals surface area contributed by atoms with Gasteiger partial charge in [-0.25, -0.2) is 4.98 Å². The lowest BCUT2D eigenvalue weighted by molar-refractivity contribution is -0.144. The van der Waals surface area contributed by atoms with E-state index in [0.717, 1.165) is 19.3 Å². The van der Waals surface area contributed by atoms with E-state index in [4.69, 9.17) is 0 Å². The average molecular weight is 309 g/mol. The van der Waals surface area contributed by atoms with Gasteiger partial charge in [0.05, 0.1) is 0 Å². The van der Waals surface area contributed by atoms with Crippen molar-refractivity contribution in [1.29, 1.82) is 0 Å². The van der Waals surface area contributed by atoms with E-state index in [2.05, 4.69) is 15.3 Å². The summed E-state index contributed by atoms with van der Waals surface area (Å²) in [4.78, 5) is 30.1. The van der Waals surface area contributed by atoms with Crippen LogP contribution < -0.4 is 10.9 Å². The van der Waals surface area contributed by atoms with E-state index in [1.54, 1.807) is 6.92 Å². The van der Waals surface area contributed by atoms with Crippen LogP contribution in [0.2, 0.25) is 0 Å². The van der Waals surface area contributed by atoms with Crippen LogP contribution >= 0.6 is 11.8 Å². The first-order valence-electron chi connectivity index (χ1n) is 7.23. The lowest BCUT2D eigenvalue weighted by atomic mass is 9.98. The monoisotopic (exact) mass is 309 g/mol. The van der Waals surface area contributed by atoms with Crippen LogP contribution in [0.1, 0.15) is 37.8 Å². The van der Waals surface area contributed by atoms with Crippen molar-refractivity contribution in [3.8, 4) is 0 Å². The van der Waals surface area contributed by atoms with Gasteiger partial charge >= 0.3 is 5.97 Å². The van der Waals surface area contributed by atoms with E-state index in [9.17, 15) is 14.7 Å². The van der Waals surface area contributed by atoms with Crippen molar-refractivity contribution in [2.24, 2.45) is 0 Å². The van der Waals surface area contributed by atoms with Gasteiger partial charge in [0.25, 0.3) is 5.56 Å². The van der Waals surface area contributed by atoms with Gasteiger partial charge in [-0.1, -0.05) is 11.8 Å². The van der Waals surface area contributed by atoms with Crippen LogP contribution in [0.4, 0.5) is 0 Å². The summed E-state index contributed by atoms with van der Waals surface area (Å²) in [5.41, 5.74) is -0.286. The Kier molecular flexibility index (Phi) is 3.79. The maximum Gasteiger partial charge on any atom is 0.323 e. The van der Waals surface area contributed by atoms with Gasteiger partial charge in [0, 0.05) is 23.1 Å². The van der Waals surface area contributed by atoms with Gasteiger partial charge in [0.15, 0.2) is 5.16 Å². The van der Waals surface area contributed by atoms with Crippen molar-refractivity contribution in [1.82, 2.24) is 15.3 Å². The number of thioether (sulfide) groups is 1. The summed E-state index contributed by atoms with van der Waals surface area (Å²) < 4.78 is 0. The molecule has 0 saturated heterocycles. The molecule has 2 aliphatic rings. The molecule has 2 fully saturated rings. The molecule has 0 spiro atoms. The third-order valence-electron chi connectivity index (χ3n) is 4.06. The van der Waals surface area contributed by atoms with E-state index < -0.39 is 11.5 Å². The molecule has 114 valence electrons. The predicted molar refractivity (Wildman–Crippen MR) is 79.6 cm³/mol. The van der Waals surface area contributed by atoms with Crippen molar-refractivity contribution in [2.75, 3.05) is 0 Å². The number of hydrogen-bond acceptors (Lipinski definition) is 5. The van der Waals surface area contributed by atoms with E-state index in [0.29, 0.717) is 29.7 Å². The van der Waals surface area contributed by atoms with Crippen LogP contribution in [0.25, 0.3) is 0 Å². The summed E-state index contributed by atoms with van der Waals surface area (Å²) in [6, 6.07) is 1.82. The Bertz CT molecular complexity index is 614. The number of aliphatic carboxylic acids is 1. The Morgan fingerprint density at radius 3 is 2.90 bits per heavy atom. The molecule has 0 aliphatic heterocycles. The van der Waals surface area contributed by atoms with Crippen LogP contribution in [0.5, 0.6) is 0 Å². The Balaban J connectivity index is 1.70. The molecule has 2 atom stereocenters. The van der Waals surface area contributed by atoms with Gasteiger partial charge in [-0.15, -0.1) is 0 Å². The lowest BCUT2D eigenvalue weighted by Crippen LogP contribution is -2.51. The summed E-state index contributed by atoms with van der Waals surface area (Å²) in [7, 11) is 0. The molecular formula is C14H19N3O3S. The van der Waals surface area contributed by atoms with Gasteiger partial charge in [-0.05, 0) is 39.0 Å². The van der Waals surface area contributed by atoms with Crippen LogP contribution in [-0.4, -0.2) is 37.9 Å². The fourth-order valence-electron chi connectivity index (χ4n) is 2.87. The number of nitrogens with one attached hydrogen (secondary N) is 2. The summed E-state index contributed by atoms with van der Waals surface area (Å²) in [6.45, 7) is 1.78. The number of aromatic nitrogens is 2. The fourth-order valence-corrected chi connectivity index (χ4v) is 4.15. The molecule has 7 heteroatoms. The number of aromatic amines is 1. The number of aryl methyl sites for hydroxylation is 1. The normalized spacial score (nSPS) is 28.7. The molecule has 6 nitrogen and oxygen atoms in total. The first-order valence-corrected chi connectivity index (χ1v) is 8.10. The zero-order chi connectivity index (χ0) is 15.0. The highest BCUT2D eigenvalue weighted by molar-refractivity contribution is 7.99. The molecule has 1 aromatic rings. The Hall–Kier alpha value is -1.34. The van der Waals surface area contributed by atoms with Crippen LogP contribution in [-0.2, 0) is 4.79 Å². The fraction of sp³-hybridized carbons (Fsp3) is 0.643. The third kappa shape index (κ3) is 3.29. The van der Waals surface area contributed by atoms with E-state index in [1.807, 2.05) is 0 Å². The molecule has 3 N–H and O–H groups in total. The number of nitrogens with zero attached hydrogens (tertiary/aromatic N) is 1. The highest BCUT2D eigenvalue weighted by Crippen LogP contribution is 2.41. The van der Waals surface area contributed by atoms with Gasteiger partial charge < -0.3 is 10.1 Å². The topological polar surface area (TPSA) is 95.1 Å². The highest BCUT2D eigenvalue weighted by atomic mass is 32.2. The molecule has 2 aliphatic carbocycles. The van der Waals surface area contributed by atoms with Crippen LogP contribution in [0, 0.1) is 6.92 Å². The standard InChI is InChI=1S/C14H19N3O3S/c1-8-6-11(18)16-13(15-8)21-10-4-5-14(7-10,12(19)20)17-9-2-3-9/h6,9-10,17H,2-5,7H2,1H3,(H,19,20)(H,15,16,18). The van der Waals surface area contributed by atoms with Gasteiger partial charge in [0.2, 0.25) is 0 Å². The van der Waals surface area contributed by atoms with E-state index in [-0.39, 0.29) is 10.8 Å². The minimum atomic E-state index is -0.803. The number of hydrogen-bond donors (Lipinski definition) is 3. The molecule has 0 bridgehead atoms. The third-order valence-corrected chi connectivity index (χ3v) is 5.21. The van der Waals surface area contributed by atoms with Crippen molar-refractivity contribution < 1.29 is 9.90 Å². The van der Waals surface area contributed by atoms with E-state index >= 15 is 0 Å². The molecule has 2 unspecified atom stereocenters. The second-order valence-corrected chi connectivity index (χ2v) is 7.27. The Labute approximate surface area is 126 Å². The largest absolute Gasteiger partial charge is 0.480 e. The number of H-pyrrole nitrogens is 1.